The molecule has 0 spiro atoms. The van der Waals surface area contributed by atoms with Gasteiger partial charge in [0.1, 0.15) is 0 Å². The van der Waals surface area contributed by atoms with Gasteiger partial charge in [0.15, 0.2) is 5.78 Å². The topological polar surface area (TPSA) is 20.3 Å². The molecule has 0 aliphatic carbocycles. The molecule has 0 aromatic heterocycles. The molecule has 0 amide bonds. The van der Waals surface area contributed by atoms with Crippen LogP contribution >= 0.6 is 0 Å². The van der Waals surface area contributed by atoms with E-state index >= 15 is 0 Å². The van der Waals surface area contributed by atoms with E-state index in [1.54, 1.807) is 0 Å². The first-order chi connectivity index (χ1) is 13.9. The van der Waals surface area contributed by atoms with E-state index in [0.29, 0.717) is 13.0 Å². The Balaban J connectivity index is 1.66. The second kappa shape index (κ2) is 7.84. The van der Waals surface area contributed by atoms with Crippen molar-refractivity contribution in [3.63, 3.8) is 0 Å². The molecule has 0 bridgehead atoms. The van der Waals surface area contributed by atoms with Crippen molar-refractivity contribution in [2.24, 2.45) is 0 Å². The highest BCUT2D eigenvalue weighted by atomic mass is 19.4. The summed E-state index contributed by atoms with van der Waals surface area (Å²) in [5.41, 5.74) is 1.42. The van der Waals surface area contributed by atoms with Crippen molar-refractivity contribution in [1.29, 1.82) is 0 Å². The first-order valence-electron chi connectivity index (χ1n) is 9.52. The molecule has 3 aromatic rings. The van der Waals surface area contributed by atoms with E-state index < -0.39 is 17.8 Å². The molecule has 0 saturated carbocycles. The summed E-state index contributed by atoms with van der Waals surface area (Å²) in [5.74, 6) is -0.265. The van der Waals surface area contributed by atoms with Gasteiger partial charge in [0.2, 0.25) is 0 Å². The van der Waals surface area contributed by atoms with E-state index in [1.165, 1.54) is 12.1 Å². The predicted octanol–water partition coefficient (Wildman–Crippen LogP) is 5.75. The lowest BCUT2D eigenvalue weighted by atomic mass is 9.87. The largest absolute Gasteiger partial charge is 0.416 e. The van der Waals surface area contributed by atoms with Crippen LogP contribution in [0.25, 0.3) is 0 Å². The van der Waals surface area contributed by atoms with Crippen LogP contribution in [0.5, 0.6) is 0 Å². The zero-order valence-corrected chi connectivity index (χ0v) is 15.6. The highest BCUT2D eigenvalue weighted by Crippen LogP contribution is 2.37. The molecular weight excluding hydrogens is 375 g/mol. The molecule has 1 fully saturated rings. The second-order valence-electron chi connectivity index (χ2n) is 7.21. The monoisotopic (exact) mass is 395 g/mol. The number of nitrogens with zero attached hydrogens (tertiary/aromatic N) is 1. The van der Waals surface area contributed by atoms with Crippen molar-refractivity contribution in [2.75, 3.05) is 6.54 Å². The molecule has 1 heterocycles. The van der Waals surface area contributed by atoms with Crippen LogP contribution < -0.4 is 0 Å². The summed E-state index contributed by atoms with van der Waals surface area (Å²) in [6.07, 6.45) is -3.84. The van der Waals surface area contributed by atoms with Crippen molar-refractivity contribution >= 4 is 5.78 Å². The molecule has 1 saturated heterocycles. The van der Waals surface area contributed by atoms with Gasteiger partial charge in [-0.2, -0.15) is 13.2 Å². The number of ketones is 1. The Morgan fingerprint density at radius 3 is 1.93 bits per heavy atom. The maximum absolute atomic E-state index is 13.1. The summed E-state index contributed by atoms with van der Waals surface area (Å²) in [4.78, 5) is 15.2. The molecule has 0 N–H and O–H groups in total. The van der Waals surface area contributed by atoms with Crippen LogP contribution in [0.15, 0.2) is 84.9 Å². The molecule has 3 aromatic carbocycles. The van der Waals surface area contributed by atoms with E-state index in [-0.39, 0.29) is 17.4 Å². The van der Waals surface area contributed by atoms with Gasteiger partial charge in [-0.1, -0.05) is 72.8 Å². The van der Waals surface area contributed by atoms with Crippen molar-refractivity contribution in [3.8, 4) is 0 Å². The van der Waals surface area contributed by atoms with Crippen LogP contribution in [-0.4, -0.2) is 23.3 Å². The SMILES string of the molecule is O=C(c1cccc(C(F)(F)F)c1)C1CCN1C(c1ccccc1)c1ccccc1. The molecule has 2 nitrogen and oxygen atoms in total. The Hall–Kier alpha value is -2.92. The van der Waals surface area contributed by atoms with E-state index in [4.69, 9.17) is 0 Å². The van der Waals surface area contributed by atoms with Crippen LogP contribution in [0.2, 0.25) is 0 Å². The number of benzene rings is 3. The van der Waals surface area contributed by atoms with Crippen LogP contribution in [0.4, 0.5) is 13.2 Å². The minimum Gasteiger partial charge on any atom is -0.292 e. The van der Waals surface area contributed by atoms with Gasteiger partial charge in [0.25, 0.3) is 0 Å². The number of halogens is 3. The van der Waals surface area contributed by atoms with Gasteiger partial charge in [-0.05, 0) is 29.7 Å². The van der Waals surface area contributed by atoms with Crippen LogP contribution in [-0.2, 0) is 6.18 Å². The van der Waals surface area contributed by atoms with Gasteiger partial charge in [-0.3, -0.25) is 9.69 Å². The molecular formula is C24H20F3NO. The average Bonchev–Trinajstić information content (AvgIpc) is 2.72. The van der Waals surface area contributed by atoms with Gasteiger partial charge in [-0.25, -0.2) is 0 Å². The third-order valence-electron chi connectivity index (χ3n) is 5.40. The number of alkyl halides is 3. The van der Waals surface area contributed by atoms with Gasteiger partial charge in [0, 0.05) is 12.1 Å². The van der Waals surface area contributed by atoms with Gasteiger partial charge < -0.3 is 0 Å². The maximum atomic E-state index is 13.1. The minimum atomic E-state index is -4.47. The number of carbonyl (C=O) groups is 1. The Labute approximate surface area is 167 Å². The summed E-state index contributed by atoms with van der Waals surface area (Å²) < 4.78 is 39.2. The lowest BCUT2D eigenvalue weighted by molar-refractivity contribution is -0.137. The van der Waals surface area contributed by atoms with E-state index in [9.17, 15) is 18.0 Å². The lowest BCUT2D eigenvalue weighted by Gasteiger charge is -2.45. The van der Waals surface area contributed by atoms with E-state index in [1.807, 2.05) is 60.7 Å². The van der Waals surface area contributed by atoms with Crippen LogP contribution in [0, 0.1) is 0 Å². The first-order valence-corrected chi connectivity index (χ1v) is 9.52. The van der Waals surface area contributed by atoms with Crippen molar-refractivity contribution in [3.05, 3.63) is 107 Å². The average molecular weight is 395 g/mol. The first kappa shape index (κ1) is 19.4. The smallest absolute Gasteiger partial charge is 0.292 e. The number of rotatable bonds is 5. The Morgan fingerprint density at radius 2 is 1.45 bits per heavy atom. The third kappa shape index (κ3) is 3.96. The third-order valence-corrected chi connectivity index (χ3v) is 5.40. The Bertz CT molecular complexity index is 946. The molecule has 1 atom stereocenters. The molecule has 4 rings (SSSR count). The van der Waals surface area contributed by atoms with Gasteiger partial charge in [0.05, 0.1) is 17.6 Å². The number of carbonyl (C=O) groups excluding carboxylic acids is 1. The fourth-order valence-electron chi connectivity index (χ4n) is 3.89. The molecule has 0 radical (unpaired) electrons. The minimum absolute atomic E-state index is 0.106. The lowest BCUT2D eigenvalue weighted by Crippen LogP contribution is -2.54. The molecule has 29 heavy (non-hydrogen) atoms. The predicted molar refractivity (Wildman–Crippen MR) is 106 cm³/mol. The normalized spacial score (nSPS) is 17.2. The molecule has 1 unspecified atom stereocenters. The molecule has 5 heteroatoms. The molecule has 1 aliphatic heterocycles. The van der Waals surface area contributed by atoms with Crippen molar-refractivity contribution in [2.45, 2.75) is 24.7 Å². The van der Waals surface area contributed by atoms with Gasteiger partial charge in [-0.15, -0.1) is 0 Å². The number of hydrogen-bond donors (Lipinski definition) is 0. The molecule has 148 valence electrons. The summed E-state index contributed by atoms with van der Waals surface area (Å²) in [6.45, 7) is 0.712. The van der Waals surface area contributed by atoms with Gasteiger partial charge >= 0.3 is 6.18 Å². The maximum Gasteiger partial charge on any atom is 0.416 e. The summed E-state index contributed by atoms with van der Waals surface area (Å²) in [7, 11) is 0. The fourth-order valence-corrected chi connectivity index (χ4v) is 3.89. The van der Waals surface area contributed by atoms with E-state index in [0.717, 1.165) is 23.3 Å². The van der Waals surface area contributed by atoms with Crippen LogP contribution in [0.3, 0.4) is 0 Å². The summed E-state index contributed by atoms with van der Waals surface area (Å²) in [5, 5.41) is 0. The number of hydrogen-bond acceptors (Lipinski definition) is 2. The summed E-state index contributed by atoms with van der Waals surface area (Å²) >= 11 is 0. The quantitative estimate of drug-likeness (QED) is 0.513. The highest BCUT2D eigenvalue weighted by Gasteiger charge is 2.40. The van der Waals surface area contributed by atoms with Crippen molar-refractivity contribution < 1.29 is 18.0 Å². The van der Waals surface area contributed by atoms with Crippen molar-refractivity contribution in [1.82, 2.24) is 4.90 Å². The number of Topliss-reactive ketones (excluding diaryl/α,β-unsaturated/α-hetero) is 1. The van der Waals surface area contributed by atoms with Crippen LogP contribution in [0.1, 0.15) is 39.5 Å². The zero-order chi connectivity index (χ0) is 20.4. The highest BCUT2D eigenvalue weighted by molar-refractivity contribution is 6.00. The standard InChI is InChI=1S/C24H20F3NO/c25-24(26,27)20-13-7-12-19(16-20)23(29)21-14-15-28(21)22(17-8-3-1-4-9-17)18-10-5-2-6-11-18/h1-13,16,21-22H,14-15H2. The Kier molecular flexibility index (Phi) is 5.24. The summed E-state index contributed by atoms with van der Waals surface area (Å²) in [6, 6.07) is 23.9. The van der Waals surface area contributed by atoms with E-state index in [2.05, 4.69) is 4.90 Å². The zero-order valence-electron chi connectivity index (χ0n) is 15.6. The second-order valence-corrected chi connectivity index (χ2v) is 7.21. The fraction of sp³-hybridized carbons (Fsp3) is 0.208. The Morgan fingerprint density at radius 1 is 0.862 bits per heavy atom. The molecule has 1 aliphatic rings. The number of likely N-dealkylation sites (tertiary alicyclic amines) is 1.